The van der Waals surface area contributed by atoms with E-state index in [1.165, 1.54) is 11.3 Å². The number of hydrogen-bond acceptors (Lipinski definition) is 8. The molecule has 2 aromatic rings. The number of ether oxygens (including phenoxy) is 3. The summed E-state index contributed by atoms with van der Waals surface area (Å²) in [5, 5.41) is 6.32. The van der Waals surface area contributed by atoms with E-state index in [1.54, 1.807) is 7.11 Å². The normalized spacial score (nSPS) is 15.2. The molecular formula is C29H45N3O5. The lowest BCUT2D eigenvalue weighted by Crippen LogP contribution is -2.38. The van der Waals surface area contributed by atoms with E-state index in [9.17, 15) is 4.79 Å². The van der Waals surface area contributed by atoms with E-state index in [1.807, 2.05) is 51.9 Å². The van der Waals surface area contributed by atoms with Gasteiger partial charge in [0.05, 0.1) is 20.3 Å². The molecule has 8 heteroatoms. The second-order valence-electron chi connectivity index (χ2n) is 8.21. The van der Waals surface area contributed by atoms with Crippen LogP contribution in [0.25, 0.3) is 0 Å². The summed E-state index contributed by atoms with van der Waals surface area (Å²) in [5.74, 6) is 1.43. The highest BCUT2D eigenvalue weighted by molar-refractivity contribution is 5.55. The van der Waals surface area contributed by atoms with Gasteiger partial charge in [0.15, 0.2) is 6.29 Å². The van der Waals surface area contributed by atoms with Gasteiger partial charge in [0.1, 0.15) is 18.8 Å². The first-order chi connectivity index (χ1) is 18.2. The molecule has 0 radical (unpaired) electrons. The molecule has 0 amide bonds. The maximum atomic E-state index is 10.0. The Morgan fingerprint density at radius 2 is 1.59 bits per heavy atom. The predicted molar refractivity (Wildman–Crippen MR) is 150 cm³/mol. The van der Waals surface area contributed by atoms with Gasteiger partial charge in [-0.3, -0.25) is 0 Å². The Bertz CT molecular complexity index is 818. The van der Waals surface area contributed by atoms with Crippen molar-refractivity contribution in [3.63, 3.8) is 0 Å². The van der Waals surface area contributed by atoms with Gasteiger partial charge in [-0.25, -0.2) is 0 Å². The van der Waals surface area contributed by atoms with Gasteiger partial charge in [-0.15, -0.1) is 0 Å². The Hall–Kier alpha value is -2.94. The van der Waals surface area contributed by atoms with Crippen molar-refractivity contribution >= 4 is 24.5 Å². The Labute approximate surface area is 222 Å². The van der Waals surface area contributed by atoms with Crippen LogP contribution < -0.4 is 20.3 Å². The second kappa shape index (κ2) is 20.2. The Morgan fingerprint density at radius 1 is 1.00 bits per heavy atom. The van der Waals surface area contributed by atoms with Gasteiger partial charge in [0.2, 0.25) is 0 Å². The Balaban J connectivity index is 0.000000339. The smallest absolute Gasteiger partial charge is 0.160 e. The third-order valence-electron chi connectivity index (χ3n) is 6.02. The summed E-state index contributed by atoms with van der Waals surface area (Å²) in [5.41, 5.74) is 3.66. The van der Waals surface area contributed by atoms with Crippen molar-refractivity contribution in [2.24, 2.45) is 5.92 Å². The molecule has 0 aromatic heterocycles. The monoisotopic (exact) mass is 515 g/mol. The molecule has 2 aromatic carbocycles. The zero-order valence-electron chi connectivity index (χ0n) is 22.9. The van der Waals surface area contributed by atoms with Gasteiger partial charge in [0, 0.05) is 56.9 Å². The van der Waals surface area contributed by atoms with E-state index in [2.05, 4.69) is 39.8 Å². The van der Waals surface area contributed by atoms with Gasteiger partial charge < -0.3 is 39.3 Å². The van der Waals surface area contributed by atoms with Crippen LogP contribution in [0.5, 0.6) is 5.75 Å². The number of aldehydes is 1. The van der Waals surface area contributed by atoms with Gasteiger partial charge in [-0.2, -0.15) is 0 Å². The number of nitrogens with one attached hydrogen (secondary N) is 2. The minimum atomic E-state index is 0.0498. The number of rotatable bonds is 9. The van der Waals surface area contributed by atoms with Gasteiger partial charge >= 0.3 is 0 Å². The summed E-state index contributed by atoms with van der Waals surface area (Å²) in [6.07, 6.45) is 3.84. The summed E-state index contributed by atoms with van der Waals surface area (Å²) < 4.78 is 16.3. The van der Waals surface area contributed by atoms with Crippen LogP contribution in [0, 0.1) is 5.92 Å². The summed E-state index contributed by atoms with van der Waals surface area (Å²) in [7, 11) is 3.60. The summed E-state index contributed by atoms with van der Waals surface area (Å²) in [4.78, 5) is 20.5. The number of hydrogen-bond donors (Lipinski definition) is 2. The lowest BCUT2D eigenvalue weighted by Gasteiger charge is -2.35. The van der Waals surface area contributed by atoms with Crippen molar-refractivity contribution in [2.45, 2.75) is 45.9 Å². The number of nitrogens with zero attached hydrogens (tertiary/aromatic N) is 1. The van der Waals surface area contributed by atoms with E-state index in [0.717, 1.165) is 70.0 Å². The molecule has 206 valence electrons. The third kappa shape index (κ3) is 11.8. The molecule has 2 fully saturated rings. The summed E-state index contributed by atoms with van der Waals surface area (Å²) in [6.45, 7) is 11.2. The molecule has 0 unspecified atom stereocenters. The molecule has 8 nitrogen and oxygen atoms in total. The number of piperidine rings is 1. The molecule has 0 aliphatic carbocycles. The number of carbonyl (C=O) groups excluding carboxylic acids is 2. The van der Waals surface area contributed by atoms with Gasteiger partial charge in [-0.05, 0) is 54.8 Å². The van der Waals surface area contributed by atoms with E-state index in [4.69, 9.17) is 19.0 Å². The molecule has 2 aliphatic heterocycles. The Morgan fingerprint density at radius 3 is 2.11 bits per heavy atom. The Kier molecular flexibility index (Phi) is 17.5. The maximum absolute atomic E-state index is 10.0. The first-order valence-electron chi connectivity index (χ1n) is 13.1. The number of methoxy groups -OCH3 is 1. The minimum absolute atomic E-state index is 0.0498. The molecule has 2 heterocycles. The van der Waals surface area contributed by atoms with Crippen molar-refractivity contribution in [1.82, 2.24) is 5.32 Å². The van der Waals surface area contributed by atoms with E-state index in [0.29, 0.717) is 12.3 Å². The van der Waals surface area contributed by atoms with Crippen LogP contribution in [0.3, 0.4) is 0 Å². The SMILES string of the molecule is C=O.CC.CNc1ccc(N2CCC(C3OCCO3)CC2)cc1.COc1ccc(CNCCC=O)cc1. The first kappa shape index (κ1) is 32.1. The van der Waals surface area contributed by atoms with Crippen molar-refractivity contribution in [3.05, 3.63) is 54.1 Å². The highest BCUT2D eigenvalue weighted by Gasteiger charge is 2.30. The molecule has 37 heavy (non-hydrogen) atoms. The highest BCUT2D eigenvalue weighted by Crippen LogP contribution is 2.29. The number of benzene rings is 2. The second-order valence-corrected chi connectivity index (χ2v) is 8.21. The zero-order chi connectivity index (χ0) is 27.3. The van der Waals surface area contributed by atoms with Crippen molar-refractivity contribution in [2.75, 3.05) is 57.2 Å². The minimum Gasteiger partial charge on any atom is -0.497 e. The maximum Gasteiger partial charge on any atom is 0.160 e. The summed E-state index contributed by atoms with van der Waals surface area (Å²) >= 11 is 0. The molecular weight excluding hydrogens is 470 g/mol. The molecule has 2 N–H and O–H groups in total. The third-order valence-corrected chi connectivity index (χ3v) is 6.02. The molecule has 0 saturated carbocycles. The topological polar surface area (TPSA) is 89.1 Å². The fourth-order valence-electron chi connectivity index (χ4n) is 4.05. The van der Waals surface area contributed by atoms with E-state index >= 15 is 0 Å². The molecule has 2 aliphatic rings. The van der Waals surface area contributed by atoms with Crippen LogP contribution in [0.1, 0.15) is 38.7 Å². The van der Waals surface area contributed by atoms with Crippen LogP contribution in [-0.4, -0.2) is 66.4 Å². The zero-order valence-corrected chi connectivity index (χ0v) is 22.9. The molecule has 4 rings (SSSR count). The van der Waals surface area contributed by atoms with Gasteiger partial charge in [0.25, 0.3) is 0 Å². The molecule has 0 spiro atoms. The van der Waals surface area contributed by atoms with Crippen molar-refractivity contribution in [1.29, 1.82) is 0 Å². The molecule has 0 bridgehead atoms. The standard InChI is InChI=1S/C15H22N2O2.C11H15NO2.C2H6.CH2O/c1-16-13-2-4-14(5-3-13)17-8-6-12(7-9-17)15-18-10-11-19-15;1-14-11-5-3-10(4-6-11)9-12-7-2-8-13;2*1-2/h2-5,12,15-16H,6-11H2,1H3;3-6,8,12H,2,7,9H2,1H3;1-2H3;1H2. The van der Waals surface area contributed by atoms with Crippen LogP contribution in [0.15, 0.2) is 48.5 Å². The average Bonchev–Trinajstić information content (AvgIpc) is 3.54. The van der Waals surface area contributed by atoms with Crippen molar-refractivity contribution < 1.29 is 23.8 Å². The lowest BCUT2D eigenvalue weighted by molar-refractivity contribution is -0.107. The lowest BCUT2D eigenvalue weighted by atomic mass is 9.96. The van der Waals surface area contributed by atoms with Crippen LogP contribution in [0.2, 0.25) is 0 Å². The van der Waals surface area contributed by atoms with Gasteiger partial charge in [-0.1, -0.05) is 26.0 Å². The van der Waals surface area contributed by atoms with E-state index in [-0.39, 0.29) is 6.29 Å². The highest BCUT2D eigenvalue weighted by atomic mass is 16.7. The number of carbonyl (C=O) groups is 2. The average molecular weight is 516 g/mol. The van der Waals surface area contributed by atoms with Crippen LogP contribution in [-0.2, 0) is 25.6 Å². The van der Waals surface area contributed by atoms with Crippen molar-refractivity contribution in [3.8, 4) is 5.75 Å². The summed E-state index contributed by atoms with van der Waals surface area (Å²) in [6, 6.07) is 16.5. The fourth-order valence-corrected chi connectivity index (χ4v) is 4.05. The first-order valence-corrected chi connectivity index (χ1v) is 13.1. The van der Waals surface area contributed by atoms with Crippen LogP contribution in [0.4, 0.5) is 11.4 Å². The largest absolute Gasteiger partial charge is 0.497 e. The quantitative estimate of drug-likeness (QED) is 0.372. The molecule has 0 atom stereocenters. The predicted octanol–water partition coefficient (Wildman–Crippen LogP) is 4.53. The number of anilines is 2. The fraction of sp³-hybridized carbons (Fsp3) is 0.517. The van der Waals surface area contributed by atoms with Crippen LogP contribution >= 0.6 is 0 Å². The molecule has 2 saturated heterocycles. The van der Waals surface area contributed by atoms with E-state index < -0.39 is 0 Å².